The lowest BCUT2D eigenvalue weighted by Gasteiger charge is -2.17. The van der Waals surface area contributed by atoms with Crippen LogP contribution in [0.25, 0.3) is 10.9 Å². The summed E-state index contributed by atoms with van der Waals surface area (Å²) in [5, 5.41) is 0.535. The number of amides is 1. The smallest absolute Gasteiger partial charge is 0.242 e. The summed E-state index contributed by atoms with van der Waals surface area (Å²) in [6.07, 6.45) is 3.39. The van der Waals surface area contributed by atoms with Crippen molar-refractivity contribution in [3.63, 3.8) is 0 Å². The van der Waals surface area contributed by atoms with Gasteiger partial charge in [-0.3, -0.25) is 4.79 Å². The topological polar surface area (TPSA) is 59.4 Å². The van der Waals surface area contributed by atoms with Crippen molar-refractivity contribution in [2.24, 2.45) is 0 Å². The molecular formula is C22H25FN2O3S. The number of benzene rings is 2. The van der Waals surface area contributed by atoms with Gasteiger partial charge in [-0.25, -0.2) is 12.8 Å². The van der Waals surface area contributed by atoms with E-state index >= 15 is 0 Å². The average molecular weight is 417 g/mol. The Morgan fingerprint density at radius 3 is 2.52 bits per heavy atom. The van der Waals surface area contributed by atoms with Crippen molar-refractivity contribution in [1.29, 1.82) is 0 Å². The molecule has 0 radical (unpaired) electrons. The second-order valence-electron chi connectivity index (χ2n) is 7.16. The quantitative estimate of drug-likeness (QED) is 0.557. The number of carbonyl (C=O) groups is 1. The summed E-state index contributed by atoms with van der Waals surface area (Å²) in [7, 11) is -2.05. The molecule has 0 bridgehead atoms. The van der Waals surface area contributed by atoms with E-state index < -0.39 is 21.4 Å². The van der Waals surface area contributed by atoms with Gasteiger partial charge in [0.1, 0.15) is 12.4 Å². The lowest BCUT2D eigenvalue weighted by atomic mass is 10.2. The Balaban J connectivity index is 1.95. The fourth-order valence-electron chi connectivity index (χ4n) is 3.28. The number of rotatable bonds is 8. The molecule has 0 atom stereocenters. The van der Waals surface area contributed by atoms with Gasteiger partial charge in [-0.15, -0.1) is 0 Å². The summed E-state index contributed by atoms with van der Waals surface area (Å²) in [6.45, 7) is 2.77. The van der Waals surface area contributed by atoms with Crippen molar-refractivity contribution in [1.82, 2.24) is 9.47 Å². The van der Waals surface area contributed by atoms with Gasteiger partial charge in [-0.1, -0.05) is 49.7 Å². The van der Waals surface area contributed by atoms with E-state index in [1.54, 1.807) is 46.8 Å². The monoisotopic (exact) mass is 416 g/mol. The van der Waals surface area contributed by atoms with Crippen LogP contribution in [0.2, 0.25) is 0 Å². The highest BCUT2D eigenvalue weighted by Crippen LogP contribution is 2.28. The van der Waals surface area contributed by atoms with Gasteiger partial charge < -0.3 is 9.47 Å². The second-order valence-corrected chi connectivity index (χ2v) is 9.12. The van der Waals surface area contributed by atoms with Crippen molar-refractivity contribution < 1.29 is 17.6 Å². The van der Waals surface area contributed by atoms with Crippen molar-refractivity contribution in [2.75, 3.05) is 13.6 Å². The summed E-state index contributed by atoms with van der Waals surface area (Å²) >= 11 is 0. The lowest BCUT2D eigenvalue weighted by molar-refractivity contribution is -0.130. The van der Waals surface area contributed by atoms with E-state index in [9.17, 15) is 17.6 Å². The van der Waals surface area contributed by atoms with Gasteiger partial charge in [0.25, 0.3) is 0 Å². The van der Waals surface area contributed by atoms with Gasteiger partial charge >= 0.3 is 0 Å². The summed E-state index contributed by atoms with van der Waals surface area (Å²) < 4.78 is 41.8. The first-order chi connectivity index (χ1) is 13.8. The maximum Gasteiger partial charge on any atom is 0.242 e. The third kappa shape index (κ3) is 4.67. The minimum absolute atomic E-state index is 0.0515. The molecule has 0 spiro atoms. The number of hydrogen-bond acceptors (Lipinski definition) is 3. The zero-order valence-electron chi connectivity index (χ0n) is 16.6. The minimum atomic E-state index is -3.80. The maximum atomic E-state index is 14.0. The number of unbranched alkanes of at least 4 members (excludes halogenated alkanes) is 1. The number of hydrogen-bond donors (Lipinski definition) is 0. The van der Waals surface area contributed by atoms with E-state index in [0.717, 1.165) is 12.8 Å². The fraction of sp³-hybridized carbons (Fsp3) is 0.318. The molecule has 0 aliphatic rings. The van der Waals surface area contributed by atoms with Crippen LogP contribution in [-0.2, 0) is 26.9 Å². The van der Waals surface area contributed by atoms with E-state index in [0.29, 0.717) is 17.4 Å². The van der Waals surface area contributed by atoms with Crippen LogP contribution in [0, 0.1) is 5.82 Å². The molecule has 1 aromatic heterocycles. The molecule has 7 heteroatoms. The Hall–Kier alpha value is -2.67. The van der Waals surface area contributed by atoms with Crippen LogP contribution >= 0.6 is 0 Å². The Morgan fingerprint density at radius 2 is 1.79 bits per heavy atom. The molecule has 0 fully saturated rings. The van der Waals surface area contributed by atoms with Crippen LogP contribution in [-0.4, -0.2) is 37.4 Å². The van der Waals surface area contributed by atoms with Crippen molar-refractivity contribution in [2.45, 2.75) is 37.0 Å². The lowest BCUT2D eigenvalue weighted by Crippen LogP contribution is -2.30. The molecule has 2 aromatic carbocycles. The predicted octanol–water partition coefficient (Wildman–Crippen LogP) is 4.01. The summed E-state index contributed by atoms with van der Waals surface area (Å²) in [6, 6.07) is 12.9. The largest absolute Gasteiger partial charge is 0.344 e. The van der Waals surface area contributed by atoms with Crippen LogP contribution in [0.3, 0.4) is 0 Å². The summed E-state index contributed by atoms with van der Waals surface area (Å²) in [5.41, 5.74) is 0.788. The van der Waals surface area contributed by atoms with Gasteiger partial charge in [0.2, 0.25) is 5.91 Å². The first-order valence-electron chi connectivity index (χ1n) is 9.61. The zero-order chi connectivity index (χ0) is 21.0. The highest BCUT2D eigenvalue weighted by Gasteiger charge is 2.24. The number of halogens is 1. The van der Waals surface area contributed by atoms with Crippen molar-refractivity contribution in [3.8, 4) is 0 Å². The van der Waals surface area contributed by atoms with Gasteiger partial charge in [-0.05, 0) is 18.6 Å². The second kappa shape index (κ2) is 8.78. The molecule has 29 heavy (non-hydrogen) atoms. The number of fused-ring (bicyclic) bond motifs is 1. The minimum Gasteiger partial charge on any atom is -0.344 e. The van der Waals surface area contributed by atoms with Crippen LogP contribution in [0.4, 0.5) is 4.39 Å². The highest BCUT2D eigenvalue weighted by molar-refractivity contribution is 7.90. The normalized spacial score (nSPS) is 11.7. The van der Waals surface area contributed by atoms with Crippen LogP contribution in [0.5, 0.6) is 0 Å². The molecule has 154 valence electrons. The molecule has 1 heterocycles. The highest BCUT2D eigenvalue weighted by atomic mass is 32.2. The first kappa shape index (κ1) is 21.0. The van der Waals surface area contributed by atoms with Crippen LogP contribution < -0.4 is 0 Å². The predicted molar refractivity (Wildman–Crippen MR) is 112 cm³/mol. The number of carbonyl (C=O) groups excluding carboxylic acids is 1. The van der Waals surface area contributed by atoms with E-state index in [1.165, 1.54) is 24.4 Å². The number of likely N-dealkylation sites (N-methyl/N-ethyl adjacent to an activating group) is 1. The number of sulfone groups is 1. The van der Waals surface area contributed by atoms with Gasteiger partial charge in [0, 0.05) is 36.3 Å². The zero-order valence-corrected chi connectivity index (χ0v) is 17.5. The first-order valence-corrected chi connectivity index (χ1v) is 11.3. The average Bonchev–Trinajstić information content (AvgIpc) is 3.07. The van der Waals surface area contributed by atoms with Gasteiger partial charge in [-0.2, -0.15) is 0 Å². The van der Waals surface area contributed by atoms with Gasteiger partial charge in [0.15, 0.2) is 9.84 Å². The standard InChI is InChI=1S/C22H25FN2O3S/c1-3-4-13-24(2)22(26)15-25-14-21(18-10-6-8-12-20(18)25)29(27,28)16-17-9-5-7-11-19(17)23/h5-12,14H,3-4,13,15-16H2,1-2H3. The molecule has 0 aliphatic heterocycles. The number of para-hydroxylation sites is 1. The molecule has 0 unspecified atom stereocenters. The molecule has 3 aromatic rings. The summed E-state index contributed by atoms with van der Waals surface area (Å²) in [5.74, 6) is -1.07. The molecular weight excluding hydrogens is 391 g/mol. The number of nitrogens with zero attached hydrogens (tertiary/aromatic N) is 2. The molecule has 3 rings (SSSR count). The van der Waals surface area contributed by atoms with Crippen molar-refractivity contribution in [3.05, 3.63) is 66.1 Å². The molecule has 0 saturated carbocycles. The SMILES string of the molecule is CCCCN(C)C(=O)Cn1cc(S(=O)(=O)Cc2ccccc2F)c2ccccc21. The molecule has 1 amide bonds. The molecule has 0 N–H and O–H groups in total. The van der Waals surface area contributed by atoms with E-state index in [1.807, 2.05) is 0 Å². The molecule has 0 aliphatic carbocycles. The Bertz CT molecular complexity index is 1120. The van der Waals surface area contributed by atoms with Gasteiger partial charge in [0.05, 0.1) is 10.6 Å². The molecule has 5 nitrogen and oxygen atoms in total. The third-order valence-corrected chi connectivity index (χ3v) is 6.66. The van der Waals surface area contributed by atoms with E-state index in [4.69, 9.17) is 0 Å². The Morgan fingerprint density at radius 1 is 1.10 bits per heavy atom. The number of aromatic nitrogens is 1. The van der Waals surface area contributed by atoms with Crippen molar-refractivity contribution >= 4 is 26.6 Å². The van der Waals surface area contributed by atoms with Crippen LogP contribution in [0.1, 0.15) is 25.3 Å². The molecule has 0 saturated heterocycles. The third-order valence-electron chi connectivity index (χ3n) is 4.97. The van der Waals surface area contributed by atoms with E-state index in [-0.39, 0.29) is 22.9 Å². The Labute approximate surface area is 170 Å². The Kier molecular flexibility index (Phi) is 6.37. The van der Waals surface area contributed by atoms with Crippen LogP contribution in [0.15, 0.2) is 59.6 Å². The maximum absolute atomic E-state index is 14.0. The van der Waals surface area contributed by atoms with E-state index in [2.05, 4.69) is 6.92 Å². The fourth-order valence-corrected chi connectivity index (χ4v) is 4.87. The summed E-state index contributed by atoms with van der Waals surface area (Å²) in [4.78, 5) is 14.3.